The molecule has 25 heavy (non-hydrogen) atoms. The number of methoxy groups -OCH3 is 1. The van der Waals surface area contributed by atoms with Crippen molar-refractivity contribution < 1.29 is 9.53 Å². The molecule has 0 atom stereocenters. The van der Waals surface area contributed by atoms with E-state index in [0.717, 1.165) is 14.7 Å². The number of esters is 1. The Morgan fingerprint density at radius 3 is 2.24 bits per heavy atom. The van der Waals surface area contributed by atoms with E-state index < -0.39 is 0 Å². The minimum absolute atomic E-state index is 0.309. The van der Waals surface area contributed by atoms with Crippen LogP contribution in [0.4, 0.5) is 0 Å². The first-order chi connectivity index (χ1) is 12.2. The zero-order chi connectivity index (χ0) is 17.4. The van der Waals surface area contributed by atoms with Crippen LogP contribution >= 0.6 is 22.6 Å². The summed E-state index contributed by atoms with van der Waals surface area (Å²) in [6, 6.07) is 24.8. The number of ether oxygens (including phenoxy) is 1. The van der Waals surface area contributed by atoms with Gasteiger partial charge < -0.3 is 4.74 Å². The van der Waals surface area contributed by atoms with E-state index >= 15 is 0 Å². The minimum atomic E-state index is -0.309. The lowest BCUT2D eigenvalue weighted by atomic mass is 9.92. The molecule has 0 heterocycles. The summed E-state index contributed by atoms with van der Waals surface area (Å²) in [6.07, 6.45) is 0. The van der Waals surface area contributed by atoms with Crippen LogP contribution in [0.2, 0.25) is 0 Å². The predicted molar refractivity (Wildman–Crippen MR) is 111 cm³/mol. The Morgan fingerprint density at radius 2 is 1.48 bits per heavy atom. The van der Waals surface area contributed by atoms with E-state index in [1.807, 2.05) is 6.07 Å². The van der Waals surface area contributed by atoms with Crippen molar-refractivity contribution in [3.8, 4) is 11.1 Å². The number of hydrogen-bond donors (Lipinski definition) is 0. The maximum absolute atomic E-state index is 12.1. The lowest BCUT2D eigenvalue weighted by Gasteiger charge is -2.14. The Balaban J connectivity index is 2.09. The van der Waals surface area contributed by atoms with E-state index in [4.69, 9.17) is 4.74 Å². The molecule has 0 N–H and O–H groups in total. The Kier molecular flexibility index (Phi) is 4.17. The molecule has 4 rings (SSSR count). The van der Waals surface area contributed by atoms with Crippen LogP contribution in [0.5, 0.6) is 0 Å². The summed E-state index contributed by atoms with van der Waals surface area (Å²) < 4.78 is 5.83. The summed E-state index contributed by atoms with van der Waals surface area (Å²) in [6.45, 7) is 0. The molecule has 0 aliphatic heterocycles. The second-order valence-corrected chi connectivity index (χ2v) is 6.93. The number of benzene rings is 4. The maximum Gasteiger partial charge on any atom is 0.338 e. The molecule has 2 nitrogen and oxygen atoms in total. The highest BCUT2D eigenvalue weighted by molar-refractivity contribution is 14.1. The second-order valence-electron chi connectivity index (χ2n) is 5.85. The molecule has 0 saturated carbocycles. The van der Waals surface area contributed by atoms with E-state index in [9.17, 15) is 4.79 Å². The highest BCUT2D eigenvalue weighted by Gasteiger charge is 2.16. The van der Waals surface area contributed by atoms with Gasteiger partial charge in [0.2, 0.25) is 0 Å². The molecule has 4 aromatic rings. The van der Waals surface area contributed by atoms with Gasteiger partial charge in [-0.1, -0.05) is 60.7 Å². The van der Waals surface area contributed by atoms with Gasteiger partial charge in [0.25, 0.3) is 0 Å². The maximum atomic E-state index is 12.1. The number of hydrogen-bond acceptors (Lipinski definition) is 2. The first kappa shape index (κ1) is 16.1. The fraction of sp³-hybridized carbons (Fsp3) is 0.0455. The van der Waals surface area contributed by atoms with E-state index in [-0.39, 0.29) is 5.97 Å². The van der Waals surface area contributed by atoms with Gasteiger partial charge >= 0.3 is 5.97 Å². The molecule has 0 fully saturated rings. The molecule has 0 saturated heterocycles. The van der Waals surface area contributed by atoms with Crippen LogP contribution in [0.1, 0.15) is 10.4 Å². The van der Waals surface area contributed by atoms with Gasteiger partial charge in [0, 0.05) is 3.57 Å². The van der Waals surface area contributed by atoms with Crippen LogP contribution in [0.25, 0.3) is 32.7 Å². The Bertz CT molecular complexity index is 1120. The molecular formula is C22H15IO2. The fourth-order valence-electron chi connectivity index (χ4n) is 3.28. The van der Waals surface area contributed by atoms with Gasteiger partial charge in [-0.2, -0.15) is 0 Å². The Hall–Kier alpha value is -2.40. The van der Waals surface area contributed by atoms with Gasteiger partial charge in [-0.3, -0.25) is 0 Å². The molecule has 0 aliphatic carbocycles. The Morgan fingerprint density at radius 1 is 0.800 bits per heavy atom. The van der Waals surface area contributed by atoms with Crippen LogP contribution in [0.15, 0.2) is 72.8 Å². The van der Waals surface area contributed by atoms with E-state index in [0.29, 0.717) is 5.56 Å². The normalized spacial score (nSPS) is 11.0. The van der Waals surface area contributed by atoms with Crippen LogP contribution in [-0.4, -0.2) is 13.1 Å². The van der Waals surface area contributed by atoms with Crippen LogP contribution in [-0.2, 0) is 4.74 Å². The van der Waals surface area contributed by atoms with Gasteiger partial charge in [0.05, 0.1) is 12.7 Å². The summed E-state index contributed by atoms with van der Waals surface area (Å²) >= 11 is 2.24. The third-order valence-corrected chi connectivity index (χ3v) is 5.62. The number of rotatable bonds is 2. The highest BCUT2D eigenvalue weighted by Crippen LogP contribution is 2.37. The van der Waals surface area contributed by atoms with Crippen molar-refractivity contribution in [3.63, 3.8) is 0 Å². The summed E-state index contributed by atoms with van der Waals surface area (Å²) in [4.78, 5) is 12.1. The van der Waals surface area contributed by atoms with Gasteiger partial charge in [0.1, 0.15) is 0 Å². The molecule has 0 spiro atoms. The van der Waals surface area contributed by atoms with Crippen molar-refractivity contribution in [1.82, 2.24) is 0 Å². The third-order valence-electron chi connectivity index (χ3n) is 4.46. The molecule has 0 aromatic heterocycles. The molecule has 122 valence electrons. The molecule has 0 amide bonds. The van der Waals surface area contributed by atoms with Gasteiger partial charge in [-0.15, -0.1) is 0 Å². The minimum Gasteiger partial charge on any atom is -0.465 e. The SMILES string of the molecule is COC(=O)c1cccc(-c2cc3ccccc3c3ccccc23)c1I. The largest absolute Gasteiger partial charge is 0.465 e. The quantitative estimate of drug-likeness (QED) is 0.216. The van der Waals surface area contributed by atoms with Crippen molar-refractivity contribution in [1.29, 1.82) is 0 Å². The average Bonchev–Trinajstić information content (AvgIpc) is 2.67. The average molecular weight is 438 g/mol. The van der Waals surface area contributed by atoms with Crippen molar-refractivity contribution in [2.45, 2.75) is 0 Å². The lowest BCUT2D eigenvalue weighted by Crippen LogP contribution is -2.04. The summed E-state index contributed by atoms with van der Waals surface area (Å²) in [5, 5.41) is 4.83. The summed E-state index contributed by atoms with van der Waals surface area (Å²) in [5.74, 6) is -0.309. The van der Waals surface area contributed by atoms with E-state index in [1.165, 1.54) is 28.7 Å². The molecule has 0 radical (unpaired) electrons. The molecule has 0 unspecified atom stereocenters. The standard InChI is InChI=1S/C22H15IO2/c1-25-22(24)19-12-6-11-18(21(19)23)20-13-14-7-2-3-8-15(14)16-9-4-5-10-17(16)20/h2-13H,1H3. The molecule has 0 aliphatic rings. The number of fused-ring (bicyclic) bond motifs is 3. The highest BCUT2D eigenvalue weighted by atomic mass is 127. The number of halogens is 1. The van der Waals surface area contributed by atoms with E-state index in [1.54, 1.807) is 6.07 Å². The van der Waals surface area contributed by atoms with Crippen molar-refractivity contribution in [3.05, 3.63) is 81.9 Å². The first-order valence-electron chi connectivity index (χ1n) is 7.98. The smallest absolute Gasteiger partial charge is 0.338 e. The monoisotopic (exact) mass is 438 g/mol. The van der Waals surface area contributed by atoms with Crippen molar-refractivity contribution in [2.24, 2.45) is 0 Å². The summed E-state index contributed by atoms with van der Waals surface area (Å²) in [5.41, 5.74) is 2.77. The van der Waals surface area contributed by atoms with Crippen LogP contribution in [0.3, 0.4) is 0 Å². The predicted octanol–water partition coefficient (Wildman–Crippen LogP) is 6.05. The van der Waals surface area contributed by atoms with Crippen molar-refractivity contribution >= 4 is 50.1 Å². The third kappa shape index (κ3) is 2.68. The zero-order valence-electron chi connectivity index (χ0n) is 13.6. The molecule has 4 aromatic carbocycles. The number of carbonyl (C=O) groups excluding carboxylic acids is 1. The topological polar surface area (TPSA) is 26.3 Å². The Labute approximate surface area is 159 Å². The van der Waals surface area contributed by atoms with Crippen LogP contribution < -0.4 is 0 Å². The van der Waals surface area contributed by atoms with E-state index in [2.05, 4.69) is 83.3 Å². The molecule has 0 bridgehead atoms. The van der Waals surface area contributed by atoms with Crippen molar-refractivity contribution in [2.75, 3.05) is 7.11 Å². The summed E-state index contributed by atoms with van der Waals surface area (Å²) in [7, 11) is 1.41. The second kappa shape index (κ2) is 6.48. The van der Waals surface area contributed by atoms with Gasteiger partial charge in [-0.05, 0) is 67.4 Å². The number of carbonyl (C=O) groups is 1. The van der Waals surface area contributed by atoms with Gasteiger partial charge in [0.15, 0.2) is 0 Å². The molecular weight excluding hydrogens is 423 g/mol. The lowest BCUT2D eigenvalue weighted by molar-refractivity contribution is 0.0599. The van der Waals surface area contributed by atoms with Crippen LogP contribution in [0, 0.1) is 3.57 Å². The molecule has 3 heteroatoms. The van der Waals surface area contributed by atoms with Gasteiger partial charge in [-0.25, -0.2) is 4.79 Å². The fourth-order valence-corrected chi connectivity index (χ4v) is 4.16. The first-order valence-corrected chi connectivity index (χ1v) is 9.06. The zero-order valence-corrected chi connectivity index (χ0v) is 15.8.